The number of anilines is 2. The van der Waals surface area contributed by atoms with Crippen LogP contribution in [0.25, 0.3) is 22.2 Å². The van der Waals surface area contributed by atoms with Gasteiger partial charge in [0.25, 0.3) is 0 Å². The third-order valence-electron chi connectivity index (χ3n) is 5.13. The molecule has 5 N–H and O–H groups in total. The van der Waals surface area contributed by atoms with Gasteiger partial charge < -0.3 is 16.0 Å². The summed E-state index contributed by atoms with van der Waals surface area (Å²) >= 11 is 0. The van der Waals surface area contributed by atoms with Crippen molar-refractivity contribution in [3.63, 3.8) is 0 Å². The van der Waals surface area contributed by atoms with Gasteiger partial charge in [0.05, 0.1) is 29.1 Å². The van der Waals surface area contributed by atoms with E-state index in [1.807, 2.05) is 18.2 Å². The minimum atomic E-state index is 0.0353. The molecular weight excluding hydrogens is 378 g/mol. The lowest BCUT2D eigenvalue weighted by Crippen LogP contribution is -2.13. The molecule has 0 spiro atoms. The van der Waals surface area contributed by atoms with Crippen molar-refractivity contribution in [3.05, 3.63) is 66.5 Å². The summed E-state index contributed by atoms with van der Waals surface area (Å²) in [5.74, 6) is 0.579. The lowest BCUT2D eigenvalue weighted by Gasteiger charge is -2.10. The molecule has 1 aromatic carbocycles. The molecule has 1 fully saturated rings. The quantitative estimate of drug-likeness (QED) is 0.303. The first-order valence-electron chi connectivity index (χ1n) is 9.63. The number of H-pyrrole nitrogens is 1. The van der Waals surface area contributed by atoms with Crippen LogP contribution < -0.4 is 11.1 Å². The summed E-state index contributed by atoms with van der Waals surface area (Å²) in [4.78, 5) is 27.9. The van der Waals surface area contributed by atoms with Crippen LogP contribution in [0.3, 0.4) is 0 Å². The van der Waals surface area contributed by atoms with Crippen LogP contribution in [-0.4, -0.2) is 31.6 Å². The maximum absolute atomic E-state index is 12.0. The number of pyridine rings is 2. The number of nitrogen functional groups attached to an aromatic ring is 1. The Morgan fingerprint density at radius 1 is 1.10 bits per heavy atom. The number of rotatable bonds is 5. The Bertz CT molecular complexity index is 1260. The molecule has 148 valence electrons. The van der Waals surface area contributed by atoms with Gasteiger partial charge in [-0.3, -0.25) is 20.2 Å². The summed E-state index contributed by atoms with van der Waals surface area (Å²) in [6, 6.07) is 9.14. The van der Waals surface area contributed by atoms with Crippen LogP contribution in [0.2, 0.25) is 0 Å². The summed E-state index contributed by atoms with van der Waals surface area (Å²) < 4.78 is 0. The topological polar surface area (TPSA) is 133 Å². The molecule has 0 aliphatic heterocycles. The first-order valence-corrected chi connectivity index (χ1v) is 9.63. The Hall–Kier alpha value is -4.07. The number of aromatic nitrogens is 4. The SMILES string of the molecule is N=C(c1nc2ccncc2[nH]1)c1cc(-c2cncc(NC(=O)C3CC3)c2)ccc1N. The molecule has 3 heterocycles. The molecule has 1 aliphatic rings. The number of amides is 1. The number of carbonyl (C=O) groups is 1. The molecule has 1 saturated carbocycles. The minimum Gasteiger partial charge on any atom is -0.398 e. The lowest BCUT2D eigenvalue weighted by atomic mass is 10.00. The van der Waals surface area contributed by atoms with E-state index in [2.05, 4.69) is 25.3 Å². The van der Waals surface area contributed by atoms with Crippen LogP contribution in [0.15, 0.2) is 55.1 Å². The zero-order valence-electron chi connectivity index (χ0n) is 16.0. The van der Waals surface area contributed by atoms with Crippen molar-refractivity contribution in [1.29, 1.82) is 5.41 Å². The van der Waals surface area contributed by atoms with E-state index >= 15 is 0 Å². The second-order valence-electron chi connectivity index (χ2n) is 7.38. The summed E-state index contributed by atoms with van der Waals surface area (Å²) in [6.45, 7) is 0. The molecule has 1 aliphatic carbocycles. The van der Waals surface area contributed by atoms with E-state index in [-0.39, 0.29) is 17.5 Å². The molecule has 0 radical (unpaired) electrons. The van der Waals surface area contributed by atoms with Gasteiger partial charge in [0.2, 0.25) is 5.91 Å². The summed E-state index contributed by atoms with van der Waals surface area (Å²) in [6.07, 6.45) is 8.57. The molecule has 0 atom stereocenters. The average molecular weight is 397 g/mol. The van der Waals surface area contributed by atoms with Crippen LogP contribution in [-0.2, 0) is 4.79 Å². The van der Waals surface area contributed by atoms with Crippen LogP contribution in [0.5, 0.6) is 0 Å². The highest BCUT2D eigenvalue weighted by Gasteiger charge is 2.29. The maximum Gasteiger partial charge on any atom is 0.227 e. The number of hydrogen-bond donors (Lipinski definition) is 4. The van der Waals surface area contributed by atoms with E-state index in [0.29, 0.717) is 22.8 Å². The van der Waals surface area contributed by atoms with Crippen LogP contribution >= 0.6 is 0 Å². The van der Waals surface area contributed by atoms with Crippen molar-refractivity contribution in [1.82, 2.24) is 19.9 Å². The lowest BCUT2D eigenvalue weighted by molar-refractivity contribution is -0.117. The van der Waals surface area contributed by atoms with E-state index < -0.39 is 0 Å². The molecule has 0 unspecified atom stereocenters. The standard InChI is InChI=1S/C22H19N7O/c23-17-4-3-13(14-7-15(10-26-9-14)27-22(30)12-1-2-12)8-16(17)20(24)21-28-18-5-6-25-11-19(18)29-21/h3-12,24H,1-2,23H2,(H,27,30)(H,28,29). The van der Waals surface area contributed by atoms with E-state index in [1.165, 1.54) is 0 Å². The first kappa shape index (κ1) is 18.0. The van der Waals surface area contributed by atoms with E-state index in [9.17, 15) is 4.79 Å². The molecule has 4 aromatic rings. The van der Waals surface area contributed by atoms with Gasteiger partial charge in [0, 0.05) is 35.1 Å². The number of carbonyl (C=O) groups excluding carboxylic acids is 1. The second kappa shape index (κ2) is 7.07. The van der Waals surface area contributed by atoms with Crippen molar-refractivity contribution in [2.24, 2.45) is 5.92 Å². The Balaban J connectivity index is 1.47. The van der Waals surface area contributed by atoms with Gasteiger partial charge in [0.15, 0.2) is 5.82 Å². The number of nitrogens with zero attached hydrogens (tertiary/aromatic N) is 3. The zero-order valence-corrected chi connectivity index (χ0v) is 16.0. The normalized spacial score (nSPS) is 13.3. The van der Waals surface area contributed by atoms with Crippen molar-refractivity contribution in [2.75, 3.05) is 11.1 Å². The third-order valence-corrected chi connectivity index (χ3v) is 5.13. The number of nitrogens with one attached hydrogen (secondary N) is 3. The number of nitrogens with two attached hydrogens (primary N) is 1. The zero-order chi connectivity index (χ0) is 20.7. The molecule has 30 heavy (non-hydrogen) atoms. The van der Waals surface area contributed by atoms with Gasteiger partial charge in [-0.1, -0.05) is 6.07 Å². The highest BCUT2D eigenvalue weighted by atomic mass is 16.2. The maximum atomic E-state index is 12.0. The Morgan fingerprint density at radius 2 is 1.97 bits per heavy atom. The number of fused-ring (bicyclic) bond motifs is 1. The molecule has 1 amide bonds. The Kier molecular flexibility index (Phi) is 4.24. The molecular formula is C22H19N7O. The molecule has 3 aromatic heterocycles. The highest BCUT2D eigenvalue weighted by Crippen LogP contribution is 2.31. The van der Waals surface area contributed by atoms with Crippen molar-refractivity contribution < 1.29 is 4.79 Å². The third kappa shape index (κ3) is 3.39. The Morgan fingerprint density at radius 3 is 2.77 bits per heavy atom. The van der Waals surface area contributed by atoms with E-state index in [1.54, 1.807) is 36.9 Å². The molecule has 0 bridgehead atoms. The summed E-state index contributed by atoms with van der Waals surface area (Å²) in [5.41, 5.74) is 11.2. The first-order chi connectivity index (χ1) is 14.6. The predicted molar refractivity (Wildman–Crippen MR) is 115 cm³/mol. The van der Waals surface area contributed by atoms with Crippen LogP contribution in [0.4, 0.5) is 11.4 Å². The van der Waals surface area contributed by atoms with E-state index in [4.69, 9.17) is 11.1 Å². The van der Waals surface area contributed by atoms with Crippen molar-refractivity contribution >= 4 is 34.0 Å². The Labute approximate surface area is 172 Å². The fraction of sp³-hybridized carbons (Fsp3) is 0.136. The van der Waals surface area contributed by atoms with Crippen LogP contribution in [0.1, 0.15) is 24.2 Å². The van der Waals surface area contributed by atoms with Gasteiger partial charge in [-0.15, -0.1) is 0 Å². The molecule has 0 saturated heterocycles. The fourth-order valence-corrected chi connectivity index (χ4v) is 3.31. The number of benzene rings is 1. The highest BCUT2D eigenvalue weighted by molar-refractivity contribution is 6.13. The second-order valence-corrected chi connectivity index (χ2v) is 7.38. The molecule has 8 nitrogen and oxygen atoms in total. The van der Waals surface area contributed by atoms with Gasteiger partial charge in [-0.25, -0.2) is 4.98 Å². The predicted octanol–water partition coefficient (Wildman–Crippen LogP) is 3.37. The van der Waals surface area contributed by atoms with Gasteiger partial charge >= 0.3 is 0 Å². The van der Waals surface area contributed by atoms with Gasteiger partial charge in [0.1, 0.15) is 5.71 Å². The van der Waals surface area contributed by atoms with E-state index in [0.717, 1.165) is 35.0 Å². The number of hydrogen-bond acceptors (Lipinski definition) is 6. The van der Waals surface area contributed by atoms with Gasteiger partial charge in [-0.2, -0.15) is 0 Å². The van der Waals surface area contributed by atoms with Crippen molar-refractivity contribution in [2.45, 2.75) is 12.8 Å². The molecule has 8 heteroatoms. The minimum absolute atomic E-state index is 0.0353. The monoisotopic (exact) mass is 397 g/mol. The fourth-order valence-electron chi connectivity index (χ4n) is 3.31. The summed E-state index contributed by atoms with van der Waals surface area (Å²) in [7, 11) is 0. The van der Waals surface area contributed by atoms with Crippen LogP contribution in [0, 0.1) is 11.3 Å². The number of aromatic amines is 1. The smallest absolute Gasteiger partial charge is 0.227 e. The average Bonchev–Trinajstić information content (AvgIpc) is 3.52. The van der Waals surface area contributed by atoms with Crippen molar-refractivity contribution in [3.8, 4) is 11.1 Å². The van der Waals surface area contributed by atoms with Gasteiger partial charge in [-0.05, 0) is 42.7 Å². The largest absolute Gasteiger partial charge is 0.398 e. The molecule has 5 rings (SSSR count). The summed E-state index contributed by atoms with van der Waals surface area (Å²) in [5, 5.41) is 11.5. The number of imidazole rings is 1.